The van der Waals surface area contributed by atoms with E-state index in [1.807, 2.05) is 6.07 Å². The van der Waals surface area contributed by atoms with Crippen LogP contribution < -0.4 is 4.72 Å². The van der Waals surface area contributed by atoms with Crippen molar-refractivity contribution in [1.82, 2.24) is 14.9 Å². The van der Waals surface area contributed by atoms with Crippen molar-refractivity contribution in [2.75, 3.05) is 0 Å². The maximum atomic E-state index is 12.1. The molecule has 8 heteroatoms. The number of sulfonamides is 1. The monoisotopic (exact) mass is 335 g/mol. The van der Waals surface area contributed by atoms with Crippen molar-refractivity contribution in [3.63, 3.8) is 0 Å². The maximum Gasteiger partial charge on any atom is 0.326 e. The molecule has 1 unspecified atom stereocenters. The summed E-state index contributed by atoms with van der Waals surface area (Å²) in [6.45, 7) is 3.25. The summed E-state index contributed by atoms with van der Waals surface area (Å²) < 4.78 is 26.5. The molecule has 0 spiro atoms. The predicted octanol–water partition coefficient (Wildman–Crippen LogP) is 1.74. The molecule has 0 saturated carbocycles. The van der Waals surface area contributed by atoms with E-state index in [4.69, 9.17) is 0 Å². The highest BCUT2D eigenvalue weighted by Gasteiger charge is 2.28. The minimum atomic E-state index is -3.94. The minimum absolute atomic E-state index is 0.314. The molecule has 1 aromatic carbocycles. The lowest BCUT2D eigenvalue weighted by Gasteiger charge is -2.13. The second kappa shape index (κ2) is 6.76. The number of nitrogens with zero attached hydrogens (tertiary/aromatic N) is 1. The minimum Gasteiger partial charge on any atom is -0.480 e. The van der Waals surface area contributed by atoms with E-state index in [0.717, 1.165) is 5.41 Å². The van der Waals surface area contributed by atoms with Crippen LogP contribution in [-0.4, -0.2) is 29.7 Å². The summed E-state index contributed by atoms with van der Waals surface area (Å²) in [6, 6.07) is 7.44. The molecule has 0 bridgehead atoms. The molecule has 2 rings (SSSR count). The van der Waals surface area contributed by atoms with Gasteiger partial charge in [0.05, 0.1) is 5.69 Å². The van der Waals surface area contributed by atoms with Crippen LogP contribution in [0.25, 0.3) is 6.08 Å². The van der Waals surface area contributed by atoms with Crippen molar-refractivity contribution in [3.8, 4) is 0 Å². The van der Waals surface area contributed by atoms with E-state index in [1.54, 1.807) is 38.1 Å². The number of carboxylic acid groups (broad SMARTS) is 1. The number of carboxylic acids is 1. The number of H-pyrrole nitrogens is 1. The molecule has 0 fully saturated rings. The largest absolute Gasteiger partial charge is 0.480 e. The molecular formula is C15H17N3O4S. The molecule has 3 N–H and O–H groups in total. The molecular weight excluding hydrogens is 318 g/mol. The van der Waals surface area contributed by atoms with Gasteiger partial charge in [-0.05, 0) is 25.5 Å². The molecule has 23 heavy (non-hydrogen) atoms. The summed E-state index contributed by atoms with van der Waals surface area (Å²) in [6.07, 6.45) is 1.40. The third-order valence-electron chi connectivity index (χ3n) is 3.24. The van der Waals surface area contributed by atoms with E-state index in [9.17, 15) is 18.3 Å². The molecule has 7 nitrogen and oxygen atoms in total. The Morgan fingerprint density at radius 2 is 1.96 bits per heavy atom. The second-order valence-corrected chi connectivity index (χ2v) is 6.59. The molecule has 122 valence electrons. The third-order valence-corrected chi connectivity index (χ3v) is 4.30. The Hall–Kier alpha value is -2.45. The Morgan fingerprint density at radius 1 is 1.30 bits per heavy atom. The average Bonchev–Trinajstić information content (AvgIpc) is 2.83. The van der Waals surface area contributed by atoms with Gasteiger partial charge in [0, 0.05) is 16.7 Å². The molecule has 0 aliphatic heterocycles. The number of hydrogen-bond donors (Lipinski definition) is 3. The van der Waals surface area contributed by atoms with Crippen LogP contribution in [0.2, 0.25) is 0 Å². The SMILES string of the molecule is Cc1n[nH]c(C)c1C(NS(=O)(=O)/C=C/c1ccccc1)C(=O)O. The first kappa shape index (κ1) is 16.9. The number of aromatic amines is 1. The summed E-state index contributed by atoms with van der Waals surface area (Å²) in [5.74, 6) is -1.30. The van der Waals surface area contributed by atoms with Gasteiger partial charge in [-0.2, -0.15) is 9.82 Å². The Kier molecular flexibility index (Phi) is 4.97. The maximum absolute atomic E-state index is 12.1. The van der Waals surface area contributed by atoms with Crippen molar-refractivity contribution in [2.24, 2.45) is 0 Å². The Balaban J connectivity index is 2.26. The van der Waals surface area contributed by atoms with Gasteiger partial charge in [-0.15, -0.1) is 0 Å². The predicted molar refractivity (Wildman–Crippen MR) is 86.0 cm³/mol. The van der Waals surface area contributed by atoms with Gasteiger partial charge in [0.1, 0.15) is 6.04 Å². The summed E-state index contributed by atoms with van der Waals surface area (Å²) in [7, 11) is -3.94. The molecule has 0 amide bonds. The van der Waals surface area contributed by atoms with E-state index >= 15 is 0 Å². The smallest absolute Gasteiger partial charge is 0.326 e. The van der Waals surface area contributed by atoms with Gasteiger partial charge in [-0.1, -0.05) is 30.3 Å². The normalized spacial score (nSPS) is 13.3. The number of aliphatic carboxylic acids is 1. The zero-order chi connectivity index (χ0) is 17.0. The molecule has 0 aliphatic rings. The van der Waals surface area contributed by atoms with Gasteiger partial charge >= 0.3 is 5.97 Å². The Morgan fingerprint density at radius 3 is 2.48 bits per heavy atom. The molecule has 1 aromatic heterocycles. The van der Waals surface area contributed by atoms with Gasteiger partial charge in [-0.25, -0.2) is 8.42 Å². The topological polar surface area (TPSA) is 112 Å². The number of aromatic nitrogens is 2. The van der Waals surface area contributed by atoms with Gasteiger partial charge in [0.25, 0.3) is 0 Å². The summed E-state index contributed by atoms with van der Waals surface area (Å²) in [5.41, 5.74) is 1.95. The molecule has 2 aromatic rings. The lowest BCUT2D eigenvalue weighted by atomic mass is 10.1. The Labute approximate surface area is 134 Å². The summed E-state index contributed by atoms with van der Waals surface area (Å²) in [4.78, 5) is 11.5. The van der Waals surface area contributed by atoms with Crippen LogP contribution in [0, 0.1) is 13.8 Å². The first-order valence-corrected chi connectivity index (χ1v) is 8.34. The number of nitrogens with one attached hydrogen (secondary N) is 2. The van der Waals surface area contributed by atoms with Crippen molar-refractivity contribution in [3.05, 3.63) is 58.3 Å². The van der Waals surface area contributed by atoms with Gasteiger partial charge in [0.2, 0.25) is 10.0 Å². The highest BCUT2D eigenvalue weighted by molar-refractivity contribution is 7.92. The van der Waals surface area contributed by atoms with E-state index in [-0.39, 0.29) is 0 Å². The fraction of sp³-hybridized carbons (Fsp3) is 0.200. The summed E-state index contributed by atoms with van der Waals surface area (Å²) in [5, 5.41) is 16.8. The fourth-order valence-corrected chi connectivity index (χ4v) is 3.12. The highest BCUT2D eigenvalue weighted by Crippen LogP contribution is 2.21. The van der Waals surface area contributed by atoms with Crippen LogP contribution in [0.5, 0.6) is 0 Å². The zero-order valence-corrected chi connectivity index (χ0v) is 13.5. The quantitative estimate of drug-likeness (QED) is 0.744. The Bertz CT molecular complexity index is 806. The van der Waals surface area contributed by atoms with Crippen molar-refractivity contribution in [1.29, 1.82) is 0 Å². The zero-order valence-electron chi connectivity index (χ0n) is 12.6. The van der Waals surface area contributed by atoms with Crippen LogP contribution in [-0.2, 0) is 14.8 Å². The van der Waals surface area contributed by atoms with Crippen LogP contribution in [0.15, 0.2) is 35.7 Å². The number of hydrogen-bond acceptors (Lipinski definition) is 4. The molecule has 0 radical (unpaired) electrons. The number of benzene rings is 1. The molecule has 0 aliphatic carbocycles. The average molecular weight is 335 g/mol. The number of carbonyl (C=O) groups is 1. The van der Waals surface area contributed by atoms with Crippen LogP contribution in [0.4, 0.5) is 0 Å². The van der Waals surface area contributed by atoms with Gasteiger partial charge < -0.3 is 5.11 Å². The van der Waals surface area contributed by atoms with E-state index in [2.05, 4.69) is 14.9 Å². The summed E-state index contributed by atoms with van der Waals surface area (Å²) >= 11 is 0. The van der Waals surface area contributed by atoms with Crippen molar-refractivity contribution >= 4 is 22.1 Å². The number of rotatable bonds is 6. The lowest BCUT2D eigenvalue weighted by molar-refractivity contribution is -0.139. The van der Waals surface area contributed by atoms with Crippen molar-refractivity contribution in [2.45, 2.75) is 19.9 Å². The standard InChI is InChI=1S/C15H17N3O4S/c1-10-13(11(2)17-16-10)14(15(19)20)18-23(21,22)9-8-12-6-4-3-5-7-12/h3-9,14,18H,1-2H3,(H,16,17)(H,19,20)/b9-8+. The molecule has 0 saturated heterocycles. The van der Waals surface area contributed by atoms with Gasteiger partial charge in [-0.3, -0.25) is 9.89 Å². The van der Waals surface area contributed by atoms with Crippen molar-refractivity contribution < 1.29 is 18.3 Å². The first-order chi connectivity index (χ1) is 10.8. The first-order valence-electron chi connectivity index (χ1n) is 6.80. The van der Waals surface area contributed by atoms with Gasteiger partial charge in [0.15, 0.2) is 0 Å². The van der Waals surface area contributed by atoms with Crippen LogP contribution >= 0.6 is 0 Å². The van der Waals surface area contributed by atoms with E-state index in [0.29, 0.717) is 22.5 Å². The highest BCUT2D eigenvalue weighted by atomic mass is 32.2. The van der Waals surface area contributed by atoms with Crippen LogP contribution in [0.3, 0.4) is 0 Å². The molecule has 1 heterocycles. The van der Waals surface area contributed by atoms with Crippen LogP contribution in [0.1, 0.15) is 28.6 Å². The number of aryl methyl sites for hydroxylation is 2. The molecule has 1 atom stereocenters. The third kappa shape index (κ3) is 4.27. The lowest BCUT2D eigenvalue weighted by Crippen LogP contribution is -2.33. The fourth-order valence-electron chi connectivity index (χ4n) is 2.15. The second-order valence-electron chi connectivity index (χ2n) is 5.00. The van der Waals surface area contributed by atoms with E-state index in [1.165, 1.54) is 6.08 Å². The van der Waals surface area contributed by atoms with E-state index < -0.39 is 22.0 Å².